The minimum Gasteiger partial charge on any atom is -0.493 e. The third-order valence-corrected chi connectivity index (χ3v) is 4.15. The molecule has 0 aliphatic rings. The van der Waals surface area contributed by atoms with Gasteiger partial charge in [-0.3, -0.25) is 14.9 Å². The lowest BCUT2D eigenvalue weighted by atomic mass is 10.2. The van der Waals surface area contributed by atoms with Crippen molar-refractivity contribution in [1.29, 1.82) is 0 Å². The lowest BCUT2D eigenvalue weighted by Gasteiger charge is -2.10. The zero-order valence-electron chi connectivity index (χ0n) is 14.9. The van der Waals surface area contributed by atoms with Gasteiger partial charge < -0.3 is 14.8 Å². The third kappa shape index (κ3) is 5.82. The number of ether oxygens (including phenoxy) is 2. The number of nitro benzene ring substituents is 1. The largest absolute Gasteiger partial charge is 0.493 e. The van der Waals surface area contributed by atoms with Crippen molar-refractivity contribution in [2.75, 3.05) is 19.0 Å². The van der Waals surface area contributed by atoms with Crippen LogP contribution < -0.4 is 14.8 Å². The Kier molecular flexibility index (Phi) is 7.36. The van der Waals surface area contributed by atoms with Gasteiger partial charge in [0.05, 0.1) is 24.3 Å². The molecular weight excluding hydrogens is 416 g/mol. The molecule has 1 amide bonds. The lowest BCUT2D eigenvalue weighted by Crippen LogP contribution is -2.08. The van der Waals surface area contributed by atoms with Gasteiger partial charge in [-0.2, -0.15) is 0 Å². The van der Waals surface area contributed by atoms with Gasteiger partial charge in [0.2, 0.25) is 5.91 Å². The number of nitrogens with one attached hydrogen (secondary N) is 1. The van der Waals surface area contributed by atoms with E-state index in [1.54, 1.807) is 25.3 Å². The maximum Gasteiger partial charge on any atom is 0.270 e. The molecule has 0 unspecified atom stereocenters. The molecule has 0 atom stereocenters. The number of hydrogen-bond donors (Lipinski definition) is 1. The highest BCUT2D eigenvalue weighted by Gasteiger charge is 2.10. The molecule has 8 heteroatoms. The number of nitro groups is 1. The molecule has 2 aromatic carbocycles. The van der Waals surface area contributed by atoms with Crippen LogP contribution in [0.25, 0.3) is 6.08 Å². The van der Waals surface area contributed by atoms with E-state index < -0.39 is 4.92 Å². The van der Waals surface area contributed by atoms with Crippen molar-refractivity contribution in [3.63, 3.8) is 0 Å². The first-order valence-electron chi connectivity index (χ1n) is 8.18. The summed E-state index contributed by atoms with van der Waals surface area (Å²) in [5.74, 6) is 0.870. The molecule has 0 radical (unpaired) electrons. The number of rotatable bonds is 8. The van der Waals surface area contributed by atoms with E-state index in [0.29, 0.717) is 28.3 Å². The Balaban J connectivity index is 2.07. The van der Waals surface area contributed by atoms with Gasteiger partial charge >= 0.3 is 0 Å². The van der Waals surface area contributed by atoms with Gasteiger partial charge in [0.15, 0.2) is 11.5 Å². The number of halogens is 1. The number of methoxy groups -OCH3 is 1. The van der Waals surface area contributed by atoms with Gasteiger partial charge in [0, 0.05) is 22.7 Å². The Labute approximate surface area is 165 Å². The number of benzene rings is 2. The Bertz CT molecular complexity index is 867. The summed E-state index contributed by atoms with van der Waals surface area (Å²) in [4.78, 5) is 22.4. The van der Waals surface area contributed by atoms with E-state index in [1.165, 1.54) is 24.3 Å². The summed E-state index contributed by atoms with van der Waals surface area (Å²) in [6.07, 6.45) is 3.90. The van der Waals surface area contributed by atoms with Crippen LogP contribution >= 0.6 is 15.9 Å². The smallest absolute Gasteiger partial charge is 0.270 e. The van der Waals surface area contributed by atoms with Crippen molar-refractivity contribution in [3.05, 3.63) is 62.6 Å². The van der Waals surface area contributed by atoms with E-state index >= 15 is 0 Å². The summed E-state index contributed by atoms with van der Waals surface area (Å²) < 4.78 is 11.3. The zero-order valence-corrected chi connectivity index (χ0v) is 16.5. The highest BCUT2D eigenvalue weighted by Crippen LogP contribution is 2.29. The number of amides is 1. The molecule has 0 heterocycles. The molecule has 0 spiro atoms. The maximum absolute atomic E-state index is 12.1. The van der Waals surface area contributed by atoms with E-state index in [9.17, 15) is 14.9 Å². The first-order chi connectivity index (χ1) is 12.9. The SMILES string of the molecule is CCCOc1ccc(/C=C/C(=O)Nc2ccc([N+](=O)[O-])cc2Br)cc1OC. The summed E-state index contributed by atoms with van der Waals surface area (Å²) in [5.41, 5.74) is 1.15. The summed E-state index contributed by atoms with van der Waals surface area (Å²) >= 11 is 3.21. The predicted octanol–water partition coefficient (Wildman–Crippen LogP) is 4.81. The second-order valence-corrected chi connectivity index (χ2v) is 6.36. The third-order valence-electron chi connectivity index (χ3n) is 3.50. The fourth-order valence-electron chi connectivity index (χ4n) is 2.18. The molecule has 142 valence electrons. The number of non-ortho nitro benzene ring substituents is 1. The Morgan fingerprint density at radius 1 is 1.26 bits per heavy atom. The van der Waals surface area contributed by atoms with Crippen molar-refractivity contribution >= 4 is 39.3 Å². The number of anilines is 1. The molecule has 2 rings (SSSR count). The second-order valence-electron chi connectivity index (χ2n) is 5.50. The van der Waals surface area contributed by atoms with Gasteiger partial charge in [-0.05, 0) is 52.2 Å². The normalized spacial score (nSPS) is 10.6. The highest BCUT2D eigenvalue weighted by molar-refractivity contribution is 9.10. The summed E-state index contributed by atoms with van der Waals surface area (Å²) in [5, 5.41) is 13.4. The number of nitrogens with zero attached hydrogens (tertiary/aromatic N) is 1. The minimum atomic E-state index is -0.502. The van der Waals surface area contributed by atoms with Crippen LogP contribution in [0.4, 0.5) is 11.4 Å². The average molecular weight is 435 g/mol. The fourth-order valence-corrected chi connectivity index (χ4v) is 2.65. The number of carbonyl (C=O) groups is 1. The van der Waals surface area contributed by atoms with Gasteiger partial charge in [-0.15, -0.1) is 0 Å². The Morgan fingerprint density at radius 2 is 2.04 bits per heavy atom. The predicted molar refractivity (Wildman–Crippen MR) is 107 cm³/mol. The number of hydrogen-bond acceptors (Lipinski definition) is 5. The van der Waals surface area contributed by atoms with E-state index in [1.807, 2.05) is 13.0 Å². The van der Waals surface area contributed by atoms with Crippen LogP contribution in [0.2, 0.25) is 0 Å². The standard InChI is InChI=1S/C19H19BrN2O5/c1-3-10-27-17-8-4-13(11-18(17)26-2)5-9-19(23)21-16-7-6-14(22(24)25)12-15(16)20/h4-9,11-12H,3,10H2,1-2H3,(H,21,23)/b9-5+. The lowest BCUT2D eigenvalue weighted by molar-refractivity contribution is -0.384. The van der Waals surface area contributed by atoms with Gasteiger partial charge in [0.25, 0.3) is 5.69 Å². The molecule has 1 N–H and O–H groups in total. The molecule has 0 saturated carbocycles. The molecule has 0 saturated heterocycles. The zero-order chi connectivity index (χ0) is 19.8. The van der Waals surface area contributed by atoms with Crippen LogP contribution in [0.15, 0.2) is 46.9 Å². The summed E-state index contributed by atoms with van der Waals surface area (Å²) in [6, 6.07) is 9.51. The number of carbonyl (C=O) groups excluding carboxylic acids is 1. The monoisotopic (exact) mass is 434 g/mol. The van der Waals surface area contributed by atoms with Crippen molar-refractivity contribution < 1.29 is 19.2 Å². The average Bonchev–Trinajstić information content (AvgIpc) is 2.66. The summed E-state index contributed by atoms with van der Waals surface area (Å²) in [7, 11) is 1.56. The van der Waals surface area contributed by atoms with Crippen molar-refractivity contribution in [1.82, 2.24) is 0 Å². The fraction of sp³-hybridized carbons (Fsp3) is 0.211. The van der Waals surface area contributed by atoms with Crippen LogP contribution in [0.1, 0.15) is 18.9 Å². The van der Waals surface area contributed by atoms with Crippen molar-refractivity contribution in [2.24, 2.45) is 0 Å². The van der Waals surface area contributed by atoms with Crippen LogP contribution in [0.5, 0.6) is 11.5 Å². The van der Waals surface area contributed by atoms with Crippen molar-refractivity contribution in [2.45, 2.75) is 13.3 Å². The topological polar surface area (TPSA) is 90.7 Å². The van der Waals surface area contributed by atoms with E-state index in [0.717, 1.165) is 12.0 Å². The first kappa shape index (κ1) is 20.4. The van der Waals surface area contributed by atoms with Gasteiger partial charge in [0.1, 0.15) is 0 Å². The summed E-state index contributed by atoms with van der Waals surface area (Å²) in [6.45, 7) is 2.61. The minimum absolute atomic E-state index is 0.0621. The maximum atomic E-state index is 12.1. The van der Waals surface area contributed by atoms with Crippen LogP contribution in [0, 0.1) is 10.1 Å². The molecule has 2 aromatic rings. The van der Waals surface area contributed by atoms with Crippen LogP contribution in [0.3, 0.4) is 0 Å². The van der Waals surface area contributed by atoms with Gasteiger partial charge in [-0.1, -0.05) is 13.0 Å². The van der Waals surface area contributed by atoms with E-state index in [4.69, 9.17) is 9.47 Å². The van der Waals surface area contributed by atoms with Gasteiger partial charge in [-0.25, -0.2) is 0 Å². The molecule has 0 aromatic heterocycles. The molecule has 0 fully saturated rings. The molecule has 27 heavy (non-hydrogen) atoms. The Hall–Kier alpha value is -2.87. The molecule has 0 aliphatic carbocycles. The quantitative estimate of drug-likeness (QED) is 0.365. The molecular formula is C19H19BrN2O5. The van der Waals surface area contributed by atoms with Crippen LogP contribution in [-0.4, -0.2) is 24.5 Å². The van der Waals surface area contributed by atoms with E-state index in [2.05, 4.69) is 21.2 Å². The first-order valence-corrected chi connectivity index (χ1v) is 8.97. The Morgan fingerprint density at radius 3 is 2.67 bits per heavy atom. The van der Waals surface area contributed by atoms with Crippen LogP contribution in [-0.2, 0) is 4.79 Å². The van der Waals surface area contributed by atoms with Crippen molar-refractivity contribution in [3.8, 4) is 11.5 Å². The molecule has 0 aliphatic heterocycles. The second kappa shape index (κ2) is 9.72. The van der Waals surface area contributed by atoms with E-state index in [-0.39, 0.29) is 11.6 Å². The highest BCUT2D eigenvalue weighted by atomic mass is 79.9. The molecule has 0 bridgehead atoms. The molecule has 7 nitrogen and oxygen atoms in total.